The highest BCUT2D eigenvalue weighted by Gasteiger charge is 2.35. The van der Waals surface area contributed by atoms with Crippen LogP contribution in [0.1, 0.15) is 42.1 Å². The number of carbonyl (C=O) groups excluding carboxylic acids is 1. The van der Waals surface area contributed by atoms with Crippen LogP contribution < -0.4 is 19.6 Å². The zero-order valence-electron chi connectivity index (χ0n) is 24.1. The van der Waals surface area contributed by atoms with Crippen molar-refractivity contribution >= 4 is 34.3 Å². The lowest BCUT2D eigenvalue weighted by Gasteiger charge is -2.25. The van der Waals surface area contributed by atoms with Crippen molar-refractivity contribution in [1.82, 2.24) is 9.55 Å². The quantitative estimate of drug-likeness (QED) is 0.267. The number of carbonyl (C=O) groups is 1. The van der Waals surface area contributed by atoms with Crippen molar-refractivity contribution < 1.29 is 14.3 Å². The van der Waals surface area contributed by atoms with Crippen LogP contribution in [0.5, 0.6) is 5.75 Å². The number of benzene rings is 3. The first-order valence-corrected chi connectivity index (χ1v) is 14.6. The Morgan fingerprint density at radius 2 is 1.81 bits per heavy atom. The van der Waals surface area contributed by atoms with E-state index in [4.69, 9.17) is 14.5 Å². The van der Waals surface area contributed by atoms with Crippen molar-refractivity contribution in [3.05, 3.63) is 120 Å². The molecule has 1 aliphatic heterocycles. The number of aromatic nitrogens is 2. The molecule has 42 heavy (non-hydrogen) atoms. The van der Waals surface area contributed by atoms with Crippen molar-refractivity contribution in [2.75, 3.05) is 13.7 Å². The van der Waals surface area contributed by atoms with Crippen LogP contribution in [-0.2, 0) is 9.53 Å². The number of esters is 1. The number of hydrogen-bond acceptors (Lipinski definition) is 6. The number of rotatable bonds is 6. The lowest BCUT2D eigenvalue weighted by Crippen LogP contribution is -2.40. The second-order valence-electron chi connectivity index (χ2n) is 10.3. The average molecular weight is 578 g/mol. The summed E-state index contributed by atoms with van der Waals surface area (Å²) < 4.78 is 13.2. The van der Waals surface area contributed by atoms with Crippen molar-refractivity contribution in [3.63, 3.8) is 0 Å². The molecule has 1 unspecified atom stereocenters. The summed E-state index contributed by atoms with van der Waals surface area (Å²) >= 11 is 1.31. The number of fused-ring (bicyclic) bond motifs is 2. The van der Waals surface area contributed by atoms with E-state index in [1.54, 1.807) is 25.5 Å². The van der Waals surface area contributed by atoms with E-state index in [1.807, 2.05) is 48.5 Å². The van der Waals surface area contributed by atoms with Crippen LogP contribution in [0.25, 0.3) is 28.2 Å². The number of H-pyrrole nitrogens is 1. The highest BCUT2D eigenvalue weighted by atomic mass is 32.1. The number of nitrogens with zero attached hydrogens (tertiary/aromatic N) is 2. The van der Waals surface area contributed by atoms with Crippen LogP contribution in [0, 0.1) is 13.8 Å². The van der Waals surface area contributed by atoms with Crippen molar-refractivity contribution in [2.24, 2.45) is 4.99 Å². The van der Waals surface area contributed by atoms with Gasteiger partial charge in [-0.1, -0.05) is 71.5 Å². The molecule has 1 atom stereocenters. The molecule has 8 heteroatoms. The van der Waals surface area contributed by atoms with E-state index in [9.17, 15) is 9.59 Å². The van der Waals surface area contributed by atoms with E-state index in [-0.39, 0.29) is 12.2 Å². The second-order valence-corrected chi connectivity index (χ2v) is 11.3. The summed E-state index contributed by atoms with van der Waals surface area (Å²) in [6.07, 6.45) is 1.95. The molecule has 0 bridgehead atoms. The predicted octanol–water partition coefficient (Wildman–Crippen LogP) is 5.57. The molecule has 7 nitrogen and oxygen atoms in total. The van der Waals surface area contributed by atoms with Crippen LogP contribution in [0.3, 0.4) is 0 Å². The fraction of sp³-hybridized carbons (Fsp3) is 0.206. The van der Waals surface area contributed by atoms with E-state index < -0.39 is 12.0 Å². The van der Waals surface area contributed by atoms with Gasteiger partial charge in [-0.3, -0.25) is 9.36 Å². The fourth-order valence-electron chi connectivity index (χ4n) is 5.76. The zero-order chi connectivity index (χ0) is 29.5. The molecule has 0 saturated carbocycles. The summed E-state index contributed by atoms with van der Waals surface area (Å²) in [5.41, 5.74) is 7.50. The Kier molecular flexibility index (Phi) is 7.16. The Labute approximate surface area is 247 Å². The SMILES string of the molecule is CCOC(=O)C1=C(C)N=c2sc(=Cc3c(-c4ccccc4)[nH]c4c(C)cc(C)cc34)c(=O)n2C1c1ccccc1OC. The maximum Gasteiger partial charge on any atom is 0.338 e. The maximum atomic E-state index is 14.3. The molecule has 2 aromatic heterocycles. The summed E-state index contributed by atoms with van der Waals surface area (Å²) in [7, 11) is 1.58. The number of hydrogen-bond donors (Lipinski definition) is 1. The molecule has 3 aromatic carbocycles. The van der Waals surface area contributed by atoms with E-state index in [0.717, 1.165) is 38.9 Å². The Bertz CT molecular complexity index is 2070. The van der Waals surface area contributed by atoms with Crippen LogP contribution >= 0.6 is 11.3 Å². The molecule has 212 valence electrons. The maximum absolute atomic E-state index is 14.3. The lowest BCUT2D eigenvalue weighted by molar-refractivity contribution is -0.139. The molecule has 0 aliphatic carbocycles. The van der Waals surface area contributed by atoms with E-state index >= 15 is 0 Å². The molecule has 0 amide bonds. The van der Waals surface area contributed by atoms with Gasteiger partial charge >= 0.3 is 5.97 Å². The number of para-hydroxylation sites is 1. The fourth-order valence-corrected chi connectivity index (χ4v) is 6.79. The van der Waals surface area contributed by atoms with E-state index in [2.05, 4.69) is 43.1 Å². The highest BCUT2D eigenvalue weighted by Crippen LogP contribution is 2.36. The van der Waals surface area contributed by atoms with Gasteiger partial charge in [-0.15, -0.1) is 0 Å². The van der Waals surface area contributed by atoms with Crippen LogP contribution in [-0.4, -0.2) is 29.2 Å². The number of nitrogens with one attached hydrogen (secondary N) is 1. The number of aromatic amines is 1. The number of methoxy groups -OCH3 is 1. The van der Waals surface area contributed by atoms with Gasteiger partial charge in [-0.05, 0) is 57.0 Å². The molecule has 0 radical (unpaired) electrons. The molecule has 1 N–H and O–H groups in total. The topological polar surface area (TPSA) is 85.7 Å². The number of thiazole rings is 1. The molecular formula is C34H31N3O4S. The minimum Gasteiger partial charge on any atom is -0.496 e. The summed E-state index contributed by atoms with van der Waals surface area (Å²) in [6.45, 7) is 7.91. The van der Waals surface area contributed by atoms with Crippen molar-refractivity contribution in [3.8, 4) is 17.0 Å². The molecule has 3 heterocycles. The highest BCUT2D eigenvalue weighted by molar-refractivity contribution is 7.07. The van der Waals surface area contributed by atoms with Gasteiger partial charge in [0.25, 0.3) is 5.56 Å². The van der Waals surface area contributed by atoms with Crippen molar-refractivity contribution in [2.45, 2.75) is 33.7 Å². The summed E-state index contributed by atoms with van der Waals surface area (Å²) in [6, 6.07) is 21.1. The summed E-state index contributed by atoms with van der Waals surface area (Å²) in [5, 5.41) is 1.04. The monoisotopic (exact) mass is 577 g/mol. The Hall–Kier alpha value is -4.69. The number of allylic oxidation sites excluding steroid dienone is 1. The van der Waals surface area contributed by atoms with Gasteiger partial charge in [0.15, 0.2) is 4.80 Å². The van der Waals surface area contributed by atoms with Crippen molar-refractivity contribution in [1.29, 1.82) is 0 Å². The number of ether oxygens (including phenoxy) is 2. The second kappa shape index (κ2) is 10.9. The van der Waals surface area contributed by atoms with Crippen LogP contribution in [0.15, 0.2) is 87.8 Å². The molecule has 0 fully saturated rings. The molecule has 1 aliphatic rings. The van der Waals surface area contributed by atoms with E-state index in [1.165, 1.54) is 11.3 Å². The summed E-state index contributed by atoms with van der Waals surface area (Å²) in [5.74, 6) is 0.0698. The van der Waals surface area contributed by atoms with Gasteiger partial charge in [0.2, 0.25) is 0 Å². The van der Waals surface area contributed by atoms with Gasteiger partial charge in [0, 0.05) is 22.0 Å². The first-order chi connectivity index (χ1) is 20.3. The molecule has 6 rings (SSSR count). The molecular weight excluding hydrogens is 546 g/mol. The minimum atomic E-state index is -0.750. The third-order valence-corrected chi connectivity index (χ3v) is 8.56. The first kappa shape index (κ1) is 27.5. The average Bonchev–Trinajstić information content (AvgIpc) is 3.50. The third kappa shape index (κ3) is 4.58. The number of aryl methyl sites for hydroxylation is 2. The van der Waals surface area contributed by atoms with Crippen LogP contribution in [0.2, 0.25) is 0 Å². The Morgan fingerprint density at radius 3 is 2.55 bits per heavy atom. The first-order valence-electron chi connectivity index (χ1n) is 13.8. The van der Waals surface area contributed by atoms with Gasteiger partial charge in [0.1, 0.15) is 11.8 Å². The lowest BCUT2D eigenvalue weighted by atomic mass is 9.95. The Morgan fingerprint density at radius 1 is 1.07 bits per heavy atom. The molecule has 5 aromatic rings. The van der Waals surface area contributed by atoms with Gasteiger partial charge in [0.05, 0.1) is 35.2 Å². The Balaban J connectivity index is 1.65. The largest absolute Gasteiger partial charge is 0.496 e. The third-order valence-electron chi connectivity index (χ3n) is 7.58. The molecule has 0 saturated heterocycles. The van der Waals surface area contributed by atoms with Crippen LogP contribution in [0.4, 0.5) is 0 Å². The van der Waals surface area contributed by atoms with Gasteiger partial charge in [-0.25, -0.2) is 9.79 Å². The summed E-state index contributed by atoms with van der Waals surface area (Å²) in [4.78, 5) is 36.5. The standard InChI is InChI=1S/C34H31N3O4S/c1-6-41-33(39)28-21(4)35-34-37(31(28)23-14-10-11-15-26(23)40-5)32(38)27(42-34)18-25-24-17-19(2)16-20(3)29(24)36-30(25)22-12-8-7-9-13-22/h7-18,31,36H,6H2,1-5H3. The van der Waals surface area contributed by atoms with E-state index in [0.29, 0.717) is 31.9 Å². The predicted molar refractivity (Wildman–Crippen MR) is 167 cm³/mol. The van der Waals surface area contributed by atoms with Gasteiger partial charge in [-0.2, -0.15) is 0 Å². The smallest absolute Gasteiger partial charge is 0.338 e. The minimum absolute atomic E-state index is 0.209. The molecule has 0 spiro atoms. The van der Waals surface area contributed by atoms with Gasteiger partial charge < -0.3 is 14.5 Å². The zero-order valence-corrected chi connectivity index (χ0v) is 25.0. The normalized spacial score (nSPS) is 15.1.